The van der Waals surface area contributed by atoms with Crippen molar-refractivity contribution in [3.63, 3.8) is 0 Å². The molecule has 8 aromatic carbocycles. The van der Waals surface area contributed by atoms with Crippen molar-refractivity contribution in [2.24, 2.45) is 16.8 Å². The number of nitrogen functional groups attached to an aromatic ring is 2. The SMILES string of the molecule is CC(=O)C(C)C.CC1=Nc2ccc3c[c-]ccc3c2C1(C)C.CC1=[N+](CCCS(=O)(=O)[O-])c2ccc3c[c-]ccc3c2C1(C)C.Cl.NNc1ccc2ccccc2c1.Nc1ccc2c[c-]ccc2c1.O=S(=O)=O.O=S(=O)=O.O=S(=O)=O.O=S(=O)=O.O=S1(=O)CCCO1.[2H]CF.[K+].[K+].[K+]. The molecule has 0 radical (unpaired) electrons. The number of benzene rings is 8. The van der Waals surface area contributed by atoms with Crippen molar-refractivity contribution in [1.82, 2.24) is 0 Å². The fourth-order valence-corrected chi connectivity index (χ4v) is 10.3. The van der Waals surface area contributed by atoms with Gasteiger partial charge in [0.15, 0.2) is 5.71 Å². The van der Waals surface area contributed by atoms with Gasteiger partial charge in [0.2, 0.25) is 5.69 Å². The molecule has 5 N–H and O–H groups in total. The summed E-state index contributed by atoms with van der Waals surface area (Å²) in [5.74, 6) is 5.64. The number of anilines is 2. The van der Waals surface area contributed by atoms with Crippen LogP contribution in [0.2, 0.25) is 0 Å². The van der Waals surface area contributed by atoms with Gasteiger partial charge in [0.1, 0.15) is 12.3 Å². The van der Waals surface area contributed by atoms with E-state index in [0.717, 1.165) is 28.1 Å². The number of nitrogens with one attached hydrogen (secondary N) is 1. The zero-order valence-corrected chi connectivity index (χ0v) is 70.4. The van der Waals surface area contributed by atoms with E-state index in [1.807, 2.05) is 105 Å². The molecule has 35 heteroatoms. The second-order valence-electron chi connectivity index (χ2n) is 20.8. The summed E-state index contributed by atoms with van der Waals surface area (Å²) in [6, 6.07) is 55.7. The van der Waals surface area contributed by atoms with E-state index in [9.17, 15) is 30.6 Å². The first-order chi connectivity index (χ1) is 43.8. The molecule has 3 aliphatic rings. The van der Waals surface area contributed by atoms with E-state index in [-0.39, 0.29) is 201 Å². The van der Waals surface area contributed by atoms with E-state index in [0.29, 0.717) is 26.0 Å². The zero-order valence-electron chi connectivity index (χ0n) is 56.3. The van der Waals surface area contributed by atoms with Crippen molar-refractivity contribution in [3.05, 3.63) is 169 Å². The molecule has 11 rings (SSSR count). The Labute approximate surface area is 707 Å². The van der Waals surface area contributed by atoms with Crippen molar-refractivity contribution < 1.29 is 245 Å². The summed E-state index contributed by atoms with van der Waals surface area (Å²) in [7, 11) is -20.7. The molecule has 1 fully saturated rings. The summed E-state index contributed by atoms with van der Waals surface area (Å²) in [5, 5.41) is 9.69. The molecule has 0 aromatic heterocycles. The molecule has 0 spiro atoms. The Kier molecular flexibility index (Phi) is 50.7. The quantitative estimate of drug-likeness (QED) is 0.0295. The number of hydrogen-bond acceptors (Lipinski definition) is 23. The number of aliphatic imine (C=N–C) groups is 1. The number of carbonyl (C=O) groups is 1. The molecule has 0 saturated carbocycles. The minimum Gasteiger partial charge on any atom is -0.748 e. The first-order valence-corrected chi connectivity index (χ1v) is 34.3. The van der Waals surface area contributed by atoms with Crippen LogP contribution in [0.15, 0.2) is 145 Å². The van der Waals surface area contributed by atoms with Gasteiger partial charge in [0, 0.05) is 53.1 Å². The molecule has 0 amide bonds. The summed E-state index contributed by atoms with van der Waals surface area (Å²) >= 11 is 0. The minimum absolute atomic E-state index is 0. The molecule has 8 aromatic rings. The normalized spacial score (nSPS) is 13.0. The van der Waals surface area contributed by atoms with E-state index in [2.05, 4.69) is 127 Å². The van der Waals surface area contributed by atoms with Gasteiger partial charge < -0.3 is 15.7 Å². The number of hydrogen-bond donors (Lipinski definition) is 3. The second-order valence-corrected chi connectivity index (χ2v) is 25.7. The van der Waals surface area contributed by atoms with Crippen LogP contribution in [0, 0.1) is 24.1 Å². The Hall–Kier alpha value is -3.20. The van der Waals surface area contributed by atoms with Crippen LogP contribution in [0.25, 0.3) is 43.1 Å². The summed E-state index contributed by atoms with van der Waals surface area (Å²) < 4.78 is 176. The number of halogens is 2. The summed E-state index contributed by atoms with van der Waals surface area (Å²) in [6.07, 6.45) is 0.988. The molecular formula is C62H72ClFK3N5O19S6. The molecule has 512 valence electrons. The topological polar surface area (TPSA) is 402 Å². The molecule has 24 nitrogen and oxygen atoms in total. The Morgan fingerprint density at radius 3 is 1.58 bits per heavy atom. The Balaban J connectivity index is -0.000000527. The van der Waals surface area contributed by atoms with E-state index >= 15 is 0 Å². The van der Waals surface area contributed by atoms with Gasteiger partial charge in [-0.1, -0.05) is 70.2 Å². The van der Waals surface area contributed by atoms with Crippen molar-refractivity contribution in [1.29, 1.82) is 0 Å². The number of Topliss-reactive ketones (excluding diaryl/α,β-unsaturated/α-hetero) is 1. The predicted molar refractivity (Wildman–Crippen MR) is 361 cm³/mol. The van der Waals surface area contributed by atoms with Crippen molar-refractivity contribution >= 4 is 158 Å². The van der Waals surface area contributed by atoms with Crippen LogP contribution in [0.1, 0.15) is 87.7 Å². The Bertz CT molecular complexity index is 4560. The maximum Gasteiger partial charge on any atom is 1.00 e. The number of fused-ring (bicyclic) bond motifs is 8. The largest absolute Gasteiger partial charge is 1.00 e. The van der Waals surface area contributed by atoms with E-state index in [1.165, 1.54) is 60.3 Å². The number of ketones is 1. The number of nitrogens with zero attached hydrogens (tertiary/aromatic N) is 2. The number of rotatable bonds is 6. The molecule has 0 aliphatic carbocycles. The average molecular weight is 1560 g/mol. The van der Waals surface area contributed by atoms with Crippen molar-refractivity contribution in [3.8, 4) is 0 Å². The van der Waals surface area contributed by atoms with Crippen LogP contribution >= 0.6 is 12.4 Å². The third kappa shape index (κ3) is 37.5. The number of hydrazine groups is 1. The van der Waals surface area contributed by atoms with Crippen molar-refractivity contribution in [2.75, 3.05) is 43.0 Å². The maximum absolute atomic E-state index is 10.8. The van der Waals surface area contributed by atoms with Crippen molar-refractivity contribution in [2.45, 2.75) is 86.0 Å². The van der Waals surface area contributed by atoms with Crippen LogP contribution in [0.3, 0.4) is 0 Å². The fraction of sp³-hybridized carbons (Fsp3) is 0.306. The minimum atomic E-state index is -4.16. The molecule has 0 bridgehead atoms. The van der Waals surface area contributed by atoms with Gasteiger partial charge in [0.05, 0.1) is 42.1 Å². The third-order valence-corrected chi connectivity index (χ3v) is 15.8. The van der Waals surface area contributed by atoms with Crippen LogP contribution in [-0.4, -0.2) is 125 Å². The van der Waals surface area contributed by atoms with Crippen LogP contribution < -0.4 is 171 Å². The molecular weight excluding hydrogens is 1480 g/mol. The Morgan fingerprint density at radius 1 is 0.701 bits per heavy atom. The maximum atomic E-state index is 10.8. The third-order valence-electron chi connectivity index (χ3n) is 13.7. The molecule has 3 heterocycles. The first kappa shape index (κ1) is 98.0. The van der Waals surface area contributed by atoms with Gasteiger partial charge in [-0.2, -0.15) is 85.8 Å². The van der Waals surface area contributed by atoms with Crippen LogP contribution in [-0.2, 0) is 82.5 Å². The molecule has 0 unspecified atom stereocenters. The van der Waals surface area contributed by atoms with E-state index < -0.39 is 69.8 Å². The summed E-state index contributed by atoms with van der Waals surface area (Å²) in [5.41, 5.74) is 17.1. The number of carbonyl (C=O) groups excluding carboxylic acids is 1. The monoisotopic (exact) mass is 1550 g/mol. The smallest absolute Gasteiger partial charge is 0.748 e. The molecule has 0 atom stereocenters. The molecule has 97 heavy (non-hydrogen) atoms. The zero-order chi connectivity index (χ0) is 71.7. The van der Waals surface area contributed by atoms with E-state index in [1.54, 1.807) is 6.92 Å². The van der Waals surface area contributed by atoms with Crippen LogP contribution in [0.5, 0.6) is 0 Å². The van der Waals surface area contributed by atoms with Gasteiger partial charge in [-0.3, -0.25) is 24.2 Å². The van der Waals surface area contributed by atoms with E-state index in [4.69, 9.17) is 63.5 Å². The van der Waals surface area contributed by atoms with Gasteiger partial charge in [-0.25, -0.2) is 8.42 Å². The first-order valence-electron chi connectivity index (χ1n) is 27.9. The van der Waals surface area contributed by atoms with Crippen LogP contribution in [0.4, 0.5) is 27.1 Å². The second kappa shape index (κ2) is 50.2. The summed E-state index contributed by atoms with van der Waals surface area (Å²) in [4.78, 5) is 14.8. The molecule has 3 aliphatic heterocycles. The van der Waals surface area contributed by atoms with Gasteiger partial charge in [-0.15, -0.1) is 113 Å². The predicted octanol–water partition coefficient (Wildman–Crippen LogP) is 0.314. The number of nitrogens with two attached hydrogens (primary N) is 2. The average Bonchev–Trinajstić information content (AvgIpc) is 1.58. The molecule has 1 saturated heterocycles. The van der Waals surface area contributed by atoms with Gasteiger partial charge in [-0.05, 0) is 74.7 Å². The standard InChI is InChI=1S/C18H21NO3S.C15H14N.C10H10N2.C10H8N.C5H10O.C3H6O3S.CH3F.ClH.3K.4O3S/c1-13-18(2,3)17-15-8-5-4-7-14(15)9-10-16(17)19(13)11-6-12-23(20,21)22;1-10-15(2,3)14-12-7-5-4-6-11(12)8-9-13(14)16-10;11-12-10-6-5-8-3-1-2-4-9(8)7-10;11-10-6-5-8-3-1-2-4-9(8)7-10;1-4(2)5(3)6;4-7(5)3-1-2-6-7;1-2;;;;;4*1-4(2)3/h5,7-10H,6,11-12H2,1-3H3,(H,20,21,22);5-9H,1-3H3;1-7,12H,11H2;2-7H,11H2;4H,1-3H3;1-3H2;1H3;1H;;;;;;;/q;-1;;-1;;;;;3*+1;;;;/p-1/i;;;;;;1D;;;;;;;;. The number of alkyl halides is 1. The van der Waals surface area contributed by atoms with Gasteiger partial charge in [0.25, 0.3) is 10.1 Å². The van der Waals surface area contributed by atoms with Gasteiger partial charge >= 0.3 is 197 Å². The summed E-state index contributed by atoms with van der Waals surface area (Å²) in [6.45, 7) is 19.3. The fourth-order valence-electron chi connectivity index (χ4n) is 8.82. The Morgan fingerprint density at radius 2 is 1.13 bits per heavy atom.